The Bertz CT molecular complexity index is 670. The van der Waals surface area contributed by atoms with Crippen molar-refractivity contribution in [2.75, 3.05) is 11.5 Å². The molecule has 0 spiro atoms. The molecule has 0 unspecified atom stereocenters. The molecule has 5 nitrogen and oxygen atoms in total. The molecule has 1 amide bonds. The first-order chi connectivity index (χ1) is 9.78. The predicted octanol–water partition coefficient (Wildman–Crippen LogP) is 1.79. The number of rotatable bonds is 4. The van der Waals surface area contributed by atoms with Crippen LogP contribution >= 0.6 is 11.6 Å². The van der Waals surface area contributed by atoms with Gasteiger partial charge in [0.05, 0.1) is 16.5 Å². The minimum absolute atomic E-state index is 0.131. The van der Waals surface area contributed by atoms with Crippen molar-refractivity contribution in [3.8, 4) is 5.75 Å². The van der Waals surface area contributed by atoms with E-state index in [0.717, 1.165) is 0 Å². The molecule has 0 bridgehead atoms. The predicted molar refractivity (Wildman–Crippen MR) is 82.0 cm³/mol. The number of amides is 1. The van der Waals surface area contributed by atoms with Crippen LogP contribution in [0.3, 0.4) is 0 Å². The largest absolute Gasteiger partial charge is 0.489 e. The number of benzene rings is 1. The molecule has 1 aromatic rings. The molecule has 0 atom stereocenters. The second-order valence-corrected chi connectivity index (χ2v) is 7.67. The summed E-state index contributed by atoms with van der Waals surface area (Å²) in [5.74, 6) is 0.108. The van der Waals surface area contributed by atoms with E-state index in [1.165, 1.54) is 0 Å². The average Bonchev–Trinajstić information content (AvgIpc) is 2.42. The standard InChI is InChI=1S/C14H16ClNO4S/c1-9(14(16)17)10-2-3-13(12(15)8-10)20-11-4-6-21(18,19)7-5-11/h2-3,8,11H,1,4-7H2,(H2,16,17). The molecule has 2 N–H and O–H groups in total. The maximum atomic E-state index is 11.4. The fourth-order valence-corrected chi connectivity index (χ4v) is 3.77. The summed E-state index contributed by atoms with van der Waals surface area (Å²) in [5, 5.41) is 0.336. The van der Waals surface area contributed by atoms with Gasteiger partial charge in [0.2, 0.25) is 5.91 Å². The minimum Gasteiger partial charge on any atom is -0.489 e. The third-order valence-electron chi connectivity index (χ3n) is 3.37. The number of sulfone groups is 1. The van der Waals surface area contributed by atoms with E-state index in [1.807, 2.05) is 0 Å². The van der Waals surface area contributed by atoms with Crippen LogP contribution in [0.1, 0.15) is 18.4 Å². The van der Waals surface area contributed by atoms with Crippen molar-refractivity contribution in [2.24, 2.45) is 5.73 Å². The highest BCUT2D eigenvalue weighted by Gasteiger charge is 2.25. The minimum atomic E-state index is -2.92. The van der Waals surface area contributed by atoms with E-state index in [4.69, 9.17) is 22.1 Å². The summed E-state index contributed by atoms with van der Waals surface area (Å²) in [6.45, 7) is 3.59. The van der Waals surface area contributed by atoms with Crippen LogP contribution in [0.4, 0.5) is 0 Å². The second-order valence-electron chi connectivity index (χ2n) is 4.96. The van der Waals surface area contributed by atoms with Crippen LogP contribution in [0.2, 0.25) is 5.02 Å². The Morgan fingerprint density at radius 1 is 1.33 bits per heavy atom. The Kier molecular flexibility index (Phi) is 4.58. The molecule has 1 aromatic carbocycles. The number of carbonyl (C=O) groups is 1. The quantitative estimate of drug-likeness (QED) is 0.853. The Morgan fingerprint density at radius 3 is 2.48 bits per heavy atom. The summed E-state index contributed by atoms with van der Waals surface area (Å²) in [4.78, 5) is 11.1. The van der Waals surface area contributed by atoms with Gasteiger partial charge in [0, 0.05) is 5.57 Å². The van der Waals surface area contributed by atoms with Crippen LogP contribution in [-0.2, 0) is 14.6 Å². The SMILES string of the molecule is C=C(C(N)=O)c1ccc(OC2CCS(=O)(=O)CC2)c(Cl)c1. The molecule has 0 saturated carbocycles. The van der Waals surface area contributed by atoms with Crippen LogP contribution in [0, 0.1) is 0 Å². The Labute approximate surface area is 128 Å². The van der Waals surface area contributed by atoms with Crippen molar-refractivity contribution >= 4 is 32.9 Å². The monoisotopic (exact) mass is 329 g/mol. The zero-order valence-corrected chi connectivity index (χ0v) is 12.9. The molecule has 0 aliphatic carbocycles. The molecule has 1 aliphatic rings. The topological polar surface area (TPSA) is 86.5 Å². The van der Waals surface area contributed by atoms with Gasteiger partial charge in [-0.25, -0.2) is 8.42 Å². The lowest BCUT2D eigenvalue weighted by Crippen LogP contribution is -2.30. The number of carbonyl (C=O) groups excluding carboxylic acids is 1. The lowest BCUT2D eigenvalue weighted by atomic mass is 10.1. The Balaban J connectivity index is 2.08. The number of hydrogen-bond donors (Lipinski definition) is 1. The van der Waals surface area contributed by atoms with Gasteiger partial charge >= 0.3 is 0 Å². The van der Waals surface area contributed by atoms with E-state index >= 15 is 0 Å². The van der Waals surface area contributed by atoms with Gasteiger partial charge in [0.25, 0.3) is 0 Å². The maximum absolute atomic E-state index is 11.4. The number of primary amides is 1. The average molecular weight is 330 g/mol. The first-order valence-corrected chi connectivity index (χ1v) is 8.64. The molecule has 1 saturated heterocycles. The van der Waals surface area contributed by atoms with Crippen LogP contribution in [0.25, 0.3) is 5.57 Å². The molecule has 21 heavy (non-hydrogen) atoms. The fraction of sp³-hybridized carbons (Fsp3) is 0.357. The highest BCUT2D eigenvalue weighted by molar-refractivity contribution is 7.91. The third-order valence-corrected chi connectivity index (χ3v) is 5.38. The van der Waals surface area contributed by atoms with E-state index in [9.17, 15) is 13.2 Å². The fourth-order valence-electron chi connectivity index (χ4n) is 2.09. The zero-order valence-electron chi connectivity index (χ0n) is 11.3. The van der Waals surface area contributed by atoms with Gasteiger partial charge in [0.1, 0.15) is 11.9 Å². The molecule has 2 rings (SSSR count). The van der Waals surface area contributed by atoms with E-state index in [2.05, 4.69) is 6.58 Å². The van der Waals surface area contributed by atoms with Gasteiger partial charge in [-0.05, 0) is 30.5 Å². The van der Waals surface area contributed by atoms with Crippen molar-refractivity contribution in [3.63, 3.8) is 0 Å². The van der Waals surface area contributed by atoms with Crippen LogP contribution < -0.4 is 10.5 Å². The van der Waals surface area contributed by atoms with Gasteiger partial charge in [-0.3, -0.25) is 4.79 Å². The van der Waals surface area contributed by atoms with Crippen molar-refractivity contribution in [2.45, 2.75) is 18.9 Å². The van der Waals surface area contributed by atoms with Crippen molar-refractivity contribution < 1.29 is 17.9 Å². The first-order valence-electron chi connectivity index (χ1n) is 6.44. The summed E-state index contributed by atoms with van der Waals surface area (Å²) in [7, 11) is -2.92. The van der Waals surface area contributed by atoms with E-state index in [1.54, 1.807) is 18.2 Å². The normalized spacial score (nSPS) is 18.1. The lowest BCUT2D eigenvalue weighted by Gasteiger charge is -2.23. The maximum Gasteiger partial charge on any atom is 0.248 e. The van der Waals surface area contributed by atoms with E-state index in [-0.39, 0.29) is 23.2 Å². The van der Waals surface area contributed by atoms with Crippen LogP contribution in [0.5, 0.6) is 5.75 Å². The van der Waals surface area contributed by atoms with Crippen molar-refractivity contribution in [1.82, 2.24) is 0 Å². The molecule has 7 heteroatoms. The smallest absolute Gasteiger partial charge is 0.248 e. The Hall–Kier alpha value is -1.53. The van der Waals surface area contributed by atoms with Crippen molar-refractivity contribution in [3.05, 3.63) is 35.4 Å². The number of nitrogens with two attached hydrogens (primary N) is 1. The number of hydrogen-bond acceptors (Lipinski definition) is 4. The second kappa shape index (κ2) is 6.07. The summed E-state index contributed by atoms with van der Waals surface area (Å²) in [5.41, 5.74) is 5.87. The molecule has 0 radical (unpaired) electrons. The molecular weight excluding hydrogens is 314 g/mol. The van der Waals surface area contributed by atoms with E-state index < -0.39 is 15.7 Å². The summed E-state index contributed by atoms with van der Waals surface area (Å²) < 4.78 is 28.5. The van der Waals surface area contributed by atoms with Crippen LogP contribution in [-0.4, -0.2) is 31.9 Å². The number of ether oxygens (including phenoxy) is 1. The number of halogens is 1. The molecule has 114 valence electrons. The summed E-state index contributed by atoms with van der Waals surface area (Å²) in [6, 6.07) is 4.84. The molecule has 0 aromatic heterocycles. The zero-order chi connectivity index (χ0) is 15.6. The van der Waals surface area contributed by atoms with Gasteiger partial charge in [-0.15, -0.1) is 0 Å². The highest BCUT2D eigenvalue weighted by Crippen LogP contribution is 2.30. The van der Waals surface area contributed by atoms with Crippen molar-refractivity contribution in [1.29, 1.82) is 0 Å². The van der Waals surface area contributed by atoms with Gasteiger partial charge in [-0.1, -0.05) is 24.2 Å². The third kappa shape index (κ3) is 3.98. The first kappa shape index (κ1) is 15.9. The summed E-state index contributed by atoms with van der Waals surface area (Å²) in [6.07, 6.45) is 0.735. The highest BCUT2D eigenvalue weighted by atomic mass is 35.5. The van der Waals surface area contributed by atoms with E-state index in [0.29, 0.717) is 29.2 Å². The van der Waals surface area contributed by atoms with Gasteiger partial charge in [0.15, 0.2) is 9.84 Å². The van der Waals surface area contributed by atoms with Gasteiger partial charge in [-0.2, -0.15) is 0 Å². The lowest BCUT2D eigenvalue weighted by molar-refractivity contribution is -0.112. The molecule has 1 fully saturated rings. The van der Waals surface area contributed by atoms with Crippen LogP contribution in [0.15, 0.2) is 24.8 Å². The van der Waals surface area contributed by atoms with Gasteiger partial charge < -0.3 is 10.5 Å². The Morgan fingerprint density at radius 2 is 1.95 bits per heavy atom. The summed E-state index contributed by atoms with van der Waals surface area (Å²) >= 11 is 6.12. The molecule has 1 aliphatic heterocycles. The molecule has 1 heterocycles. The molecular formula is C14H16ClNO4S.